The predicted molar refractivity (Wildman–Crippen MR) is 131 cm³/mol. The highest BCUT2D eigenvalue weighted by atomic mass is 127. The van der Waals surface area contributed by atoms with E-state index in [2.05, 4.69) is 43.9 Å². The van der Waals surface area contributed by atoms with E-state index in [1.807, 2.05) is 31.4 Å². The van der Waals surface area contributed by atoms with E-state index in [0.29, 0.717) is 42.2 Å². The number of aromatic nitrogens is 4. The van der Waals surface area contributed by atoms with Gasteiger partial charge in [-0.25, -0.2) is 19.3 Å². The number of hydrogen-bond acceptors (Lipinski definition) is 5. The molecule has 0 fully saturated rings. The lowest BCUT2D eigenvalue weighted by molar-refractivity contribution is -0.122. The lowest BCUT2D eigenvalue weighted by Gasteiger charge is -2.20. The Labute approximate surface area is 200 Å². The lowest BCUT2D eigenvalue weighted by Crippen LogP contribution is -2.40. The van der Waals surface area contributed by atoms with Gasteiger partial charge in [-0.15, -0.1) is 0 Å². The van der Waals surface area contributed by atoms with Crippen LogP contribution in [0.4, 0.5) is 10.2 Å². The van der Waals surface area contributed by atoms with E-state index < -0.39 is 6.17 Å². The number of hydrogen-bond donors (Lipinski definition) is 2. The van der Waals surface area contributed by atoms with Crippen molar-refractivity contribution in [1.82, 2.24) is 24.8 Å². The van der Waals surface area contributed by atoms with Crippen molar-refractivity contribution in [2.45, 2.75) is 71.6 Å². The molecule has 7 nitrogen and oxygen atoms in total. The molecule has 2 heterocycles. The van der Waals surface area contributed by atoms with Gasteiger partial charge < -0.3 is 15.6 Å². The van der Waals surface area contributed by atoms with Crippen LogP contribution in [0.2, 0.25) is 0 Å². The summed E-state index contributed by atoms with van der Waals surface area (Å²) in [4.78, 5) is 26.0. The number of halogens is 2. The molecule has 1 unspecified atom stereocenters. The second kappa shape index (κ2) is 8.57. The summed E-state index contributed by atoms with van der Waals surface area (Å²) in [7, 11) is 0. The van der Waals surface area contributed by atoms with Crippen LogP contribution >= 0.6 is 22.6 Å². The number of amides is 1. The van der Waals surface area contributed by atoms with Crippen molar-refractivity contribution in [3.8, 4) is 0 Å². The van der Waals surface area contributed by atoms with Gasteiger partial charge in [-0.3, -0.25) is 4.79 Å². The van der Waals surface area contributed by atoms with Crippen molar-refractivity contribution in [2.75, 3.05) is 5.73 Å². The number of nitrogen functional groups attached to an aromatic ring is 1. The quantitative estimate of drug-likeness (QED) is 0.465. The van der Waals surface area contributed by atoms with Crippen molar-refractivity contribution in [3.05, 3.63) is 44.0 Å². The molecule has 1 aromatic carbocycles. The summed E-state index contributed by atoms with van der Waals surface area (Å²) in [6, 6.07) is 4.04. The monoisotopic (exact) mass is 550 g/mol. The Hall–Kier alpha value is -2.30. The average Bonchev–Trinajstić information content (AvgIpc) is 3.20. The number of benzene rings is 1. The molecule has 1 amide bonds. The minimum atomic E-state index is -0.912. The van der Waals surface area contributed by atoms with E-state index >= 15 is 0 Å². The Morgan fingerprint density at radius 3 is 2.78 bits per heavy atom. The predicted octanol–water partition coefficient (Wildman–Crippen LogP) is 4.17. The molecular formula is C23H28FIN6O. The average molecular weight is 550 g/mol. The molecule has 170 valence electrons. The van der Waals surface area contributed by atoms with E-state index in [-0.39, 0.29) is 17.9 Å². The first-order chi connectivity index (χ1) is 15.0. The zero-order chi connectivity index (χ0) is 23.2. The molecule has 4 rings (SSSR count). The molecule has 0 spiro atoms. The second-order valence-electron chi connectivity index (χ2n) is 9.38. The van der Waals surface area contributed by atoms with E-state index in [9.17, 15) is 9.18 Å². The van der Waals surface area contributed by atoms with E-state index in [0.717, 1.165) is 32.5 Å². The number of anilines is 1. The normalized spacial score (nSPS) is 15.9. The van der Waals surface area contributed by atoms with E-state index in [1.165, 1.54) is 0 Å². The highest BCUT2D eigenvalue weighted by Gasteiger charge is 2.25. The zero-order valence-corrected chi connectivity index (χ0v) is 21.0. The number of carbonyl (C=O) groups excluding carboxylic acids is 1. The van der Waals surface area contributed by atoms with E-state index in [4.69, 9.17) is 10.7 Å². The van der Waals surface area contributed by atoms with Crippen LogP contribution in [0.1, 0.15) is 68.1 Å². The van der Waals surface area contributed by atoms with Crippen LogP contribution < -0.4 is 11.1 Å². The molecule has 1 aliphatic rings. The summed E-state index contributed by atoms with van der Waals surface area (Å²) in [5, 5.41) is 2.99. The summed E-state index contributed by atoms with van der Waals surface area (Å²) >= 11 is 2.30. The molecule has 0 aliphatic heterocycles. The van der Waals surface area contributed by atoms with Crippen LogP contribution in [-0.2, 0) is 24.2 Å². The molecule has 0 saturated heterocycles. The Morgan fingerprint density at radius 1 is 1.31 bits per heavy atom. The lowest BCUT2D eigenvalue weighted by atomic mass is 10.0. The van der Waals surface area contributed by atoms with Gasteiger partial charge in [0.2, 0.25) is 5.91 Å². The molecule has 0 saturated carbocycles. The van der Waals surface area contributed by atoms with Gasteiger partial charge in [0.25, 0.3) is 0 Å². The maximum absolute atomic E-state index is 14.4. The van der Waals surface area contributed by atoms with Gasteiger partial charge in [-0.2, -0.15) is 0 Å². The third-order valence-electron chi connectivity index (χ3n) is 5.55. The topological polar surface area (TPSA) is 98.7 Å². The van der Waals surface area contributed by atoms with Crippen molar-refractivity contribution in [1.29, 1.82) is 0 Å². The highest BCUT2D eigenvalue weighted by Crippen LogP contribution is 2.37. The molecular weight excluding hydrogens is 522 g/mol. The van der Waals surface area contributed by atoms with Crippen molar-refractivity contribution in [3.63, 3.8) is 0 Å². The Kier molecular flexibility index (Phi) is 6.12. The molecule has 3 N–H and O–H groups in total. The van der Waals surface area contributed by atoms with Crippen LogP contribution in [-0.4, -0.2) is 31.0 Å². The first-order valence-corrected chi connectivity index (χ1v) is 11.8. The first kappa shape index (κ1) is 22.9. The number of rotatable bonds is 5. The number of nitrogens with two attached hydrogens (primary N) is 1. The van der Waals surface area contributed by atoms with Gasteiger partial charge in [0, 0.05) is 28.5 Å². The van der Waals surface area contributed by atoms with Crippen LogP contribution in [0, 0.1) is 10.5 Å². The van der Waals surface area contributed by atoms with Crippen LogP contribution in [0.5, 0.6) is 0 Å². The summed E-state index contributed by atoms with van der Waals surface area (Å²) in [5.41, 5.74) is 9.86. The Morgan fingerprint density at radius 2 is 2.06 bits per heavy atom. The molecule has 2 aromatic heterocycles. The third kappa shape index (κ3) is 4.72. The Balaban J connectivity index is 1.71. The van der Waals surface area contributed by atoms with Crippen LogP contribution in [0.3, 0.4) is 0 Å². The largest absolute Gasteiger partial charge is 0.382 e. The number of carbonyl (C=O) groups is 1. The minimum absolute atomic E-state index is 0.0450. The smallest absolute Gasteiger partial charge is 0.222 e. The fourth-order valence-corrected chi connectivity index (χ4v) is 4.90. The summed E-state index contributed by atoms with van der Waals surface area (Å²) in [6.07, 6.45) is 1.19. The summed E-state index contributed by atoms with van der Waals surface area (Å²) < 4.78 is 17.4. The van der Waals surface area contributed by atoms with Crippen molar-refractivity contribution >= 4 is 45.5 Å². The number of aryl methyl sites for hydroxylation is 3. The highest BCUT2D eigenvalue weighted by molar-refractivity contribution is 14.1. The molecule has 1 aliphatic carbocycles. The van der Waals surface area contributed by atoms with Gasteiger partial charge in [-0.1, -0.05) is 6.07 Å². The number of alkyl halides is 1. The SMILES string of the molecule is Cc1nc(N)c2nc(Cc3cc4c(cc3I)CCC4F)n(CCC(=O)NC(C)(C)C)c2n1. The molecule has 1 atom stereocenters. The summed E-state index contributed by atoms with van der Waals surface area (Å²) in [5.74, 6) is 1.56. The van der Waals surface area contributed by atoms with Crippen LogP contribution in [0.25, 0.3) is 11.2 Å². The maximum Gasteiger partial charge on any atom is 0.222 e. The van der Waals surface area contributed by atoms with E-state index in [1.54, 1.807) is 6.92 Å². The second-order valence-corrected chi connectivity index (χ2v) is 10.5. The van der Waals surface area contributed by atoms with Gasteiger partial charge in [0.1, 0.15) is 17.8 Å². The third-order valence-corrected chi connectivity index (χ3v) is 6.55. The van der Waals surface area contributed by atoms with Gasteiger partial charge >= 0.3 is 0 Å². The Bertz CT molecular complexity index is 1200. The standard InChI is InChI=1S/C23H28FIN6O/c1-12-27-21(26)20-22(28-12)31(8-7-19(32)30-23(2,3)4)18(29-20)11-14-9-15-13(10-17(14)25)5-6-16(15)24/h9-10,16H,5-8,11H2,1-4H3,(H,30,32)(H2,26,27,28). The molecule has 9 heteroatoms. The molecule has 0 bridgehead atoms. The fraction of sp³-hybridized carbons (Fsp3) is 0.478. The van der Waals surface area contributed by atoms with Crippen LogP contribution in [0.15, 0.2) is 12.1 Å². The maximum atomic E-state index is 14.4. The first-order valence-electron chi connectivity index (χ1n) is 10.8. The minimum Gasteiger partial charge on any atom is -0.382 e. The van der Waals surface area contributed by atoms with Crippen molar-refractivity contribution in [2.24, 2.45) is 0 Å². The zero-order valence-electron chi connectivity index (χ0n) is 18.8. The summed E-state index contributed by atoms with van der Waals surface area (Å²) in [6.45, 7) is 8.05. The number of imidazole rings is 1. The van der Waals surface area contributed by atoms with Gasteiger partial charge in [-0.05, 0) is 85.9 Å². The molecule has 0 radical (unpaired) electrons. The van der Waals surface area contributed by atoms with Gasteiger partial charge in [0.15, 0.2) is 17.0 Å². The number of nitrogens with one attached hydrogen (secondary N) is 1. The van der Waals surface area contributed by atoms with Gasteiger partial charge in [0.05, 0.1) is 0 Å². The molecule has 32 heavy (non-hydrogen) atoms. The van der Waals surface area contributed by atoms with Crippen molar-refractivity contribution < 1.29 is 9.18 Å². The number of nitrogens with zero attached hydrogens (tertiary/aromatic N) is 4. The number of fused-ring (bicyclic) bond motifs is 2. The fourth-order valence-electron chi connectivity index (χ4n) is 4.17. The molecule has 3 aromatic rings.